The van der Waals surface area contributed by atoms with E-state index in [1.54, 1.807) is 4.90 Å². The number of phenols is 4. The number of benzene rings is 2. The molecular formula is C19H23NO6. The van der Waals surface area contributed by atoms with Gasteiger partial charge in [0.05, 0.1) is 12.6 Å². The van der Waals surface area contributed by atoms with Gasteiger partial charge >= 0.3 is 0 Å². The van der Waals surface area contributed by atoms with E-state index in [4.69, 9.17) is 0 Å². The molecule has 0 aliphatic carbocycles. The normalized spacial score (nSPS) is 12.5. The van der Waals surface area contributed by atoms with Crippen LogP contribution >= 0.6 is 0 Å². The second kappa shape index (κ2) is 8.07. The van der Waals surface area contributed by atoms with Gasteiger partial charge in [0.25, 0.3) is 0 Å². The molecule has 1 atom stereocenters. The van der Waals surface area contributed by atoms with Crippen molar-refractivity contribution in [3.05, 3.63) is 47.5 Å². The number of Topliss-reactive ketones (excluding diaryl/α,β-unsaturated/α-hetero) is 1. The number of nitrogens with zero attached hydrogens (tertiary/aromatic N) is 1. The molecule has 0 fully saturated rings. The Labute approximate surface area is 151 Å². The standard InChI is InChI=1S/C19H23NO6/c1-11(2)20(9-18(25)12-3-5-14(21)16(23)7-12)10-19(26)13-4-6-15(22)17(24)8-13/h3-8,11,18,21-25H,9-10H2,1-2H3. The van der Waals surface area contributed by atoms with Crippen molar-refractivity contribution < 1.29 is 30.3 Å². The van der Waals surface area contributed by atoms with Crippen LogP contribution in [0.15, 0.2) is 36.4 Å². The molecule has 140 valence electrons. The Hall–Kier alpha value is -2.77. The number of carbonyl (C=O) groups excluding carboxylic acids is 1. The van der Waals surface area contributed by atoms with E-state index in [1.165, 1.54) is 36.4 Å². The third kappa shape index (κ3) is 4.65. The summed E-state index contributed by atoms with van der Waals surface area (Å²) in [5, 5.41) is 48.2. The minimum absolute atomic E-state index is 0.00298. The number of carbonyl (C=O) groups is 1. The molecular weight excluding hydrogens is 338 g/mol. The van der Waals surface area contributed by atoms with Crippen molar-refractivity contribution in [2.45, 2.75) is 26.0 Å². The van der Waals surface area contributed by atoms with Gasteiger partial charge in [0, 0.05) is 18.2 Å². The van der Waals surface area contributed by atoms with Gasteiger partial charge in [-0.3, -0.25) is 9.69 Å². The van der Waals surface area contributed by atoms with E-state index >= 15 is 0 Å². The Morgan fingerprint density at radius 3 is 2.04 bits per heavy atom. The summed E-state index contributed by atoms with van der Waals surface area (Å²) in [6.07, 6.45) is -0.968. The van der Waals surface area contributed by atoms with Crippen LogP contribution in [-0.4, -0.2) is 55.3 Å². The van der Waals surface area contributed by atoms with Gasteiger partial charge in [-0.1, -0.05) is 6.07 Å². The molecule has 0 heterocycles. The zero-order valence-corrected chi connectivity index (χ0v) is 14.6. The fraction of sp³-hybridized carbons (Fsp3) is 0.316. The average Bonchev–Trinajstić information content (AvgIpc) is 2.58. The maximum atomic E-state index is 12.5. The maximum absolute atomic E-state index is 12.5. The highest BCUT2D eigenvalue weighted by atomic mass is 16.3. The van der Waals surface area contributed by atoms with E-state index in [2.05, 4.69) is 0 Å². The summed E-state index contributed by atoms with van der Waals surface area (Å²) in [7, 11) is 0. The average molecular weight is 361 g/mol. The van der Waals surface area contributed by atoms with Gasteiger partial charge in [0.2, 0.25) is 0 Å². The number of hydrogen-bond acceptors (Lipinski definition) is 7. The molecule has 0 aliphatic rings. The van der Waals surface area contributed by atoms with Crippen LogP contribution < -0.4 is 0 Å². The van der Waals surface area contributed by atoms with Gasteiger partial charge in [-0.25, -0.2) is 0 Å². The summed E-state index contributed by atoms with van der Waals surface area (Å²) >= 11 is 0. The third-order valence-electron chi connectivity index (χ3n) is 4.17. The van der Waals surface area contributed by atoms with Crippen molar-refractivity contribution in [3.63, 3.8) is 0 Å². The van der Waals surface area contributed by atoms with Gasteiger partial charge in [-0.05, 0) is 49.7 Å². The summed E-state index contributed by atoms with van der Waals surface area (Å²) in [6, 6.07) is 7.88. The third-order valence-corrected chi connectivity index (χ3v) is 4.17. The van der Waals surface area contributed by atoms with Crippen LogP contribution in [0.3, 0.4) is 0 Å². The zero-order valence-electron chi connectivity index (χ0n) is 14.6. The molecule has 5 N–H and O–H groups in total. The molecule has 2 aromatic rings. The summed E-state index contributed by atoms with van der Waals surface area (Å²) in [5.74, 6) is -1.54. The first-order valence-electron chi connectivity index (χ1n) is 8.18. The highest BCUT2D eigenvalue weighted by molar-refractivity contribution is 5.98. The largest absolute Gasteiger partial charge is 0.504 e. The van der Waals surface area contributed by atoms with Gasteiger partial charge in [0.1, 0.15) is 0 Å². The lowest BCUT2D eigenvalue weighted by atomic mass is 10.1. The molecule has 7 heteroatoms. The number of ketones is 1. The second-order valence-corrected chi connectivity index (χ2v) is 6.41. The molecule has 7 nitrogen and oxygen atoms in total. The first kappa shape index (κ1) is 19.6. The topological polar surface area (TPSA) is 121 Å². The van der Waals surface area contributed by atoms with Crippen molar-refractivity contribution in [3.8, 4) is 23.0 Å². The smallest absolute Gasteiger partial charge is 0.176 e. The lowest BCUT2D eigenvalue weighted by molar-refractivity contribution is 0.0756. The fourth-order valence-corrected chi connectivity index (χ4v) is 2.51. The number of aliphatic hydroxyl groups is 1. The van der Waals surface area contributed by atoms with Crippen LogP contribution in [0, 0.1) is 0 Å². The van der Waals surface area contributed by atoms with E-state index in [0.717, 1.165) is 0 Å². The quantitative estimate of drug-likeness (QED) is 0.378. The molecule has 0 aliphatic heterocycles. The fourth-order valence-electron chi connectivity index (χ4n) is 2.51. The van der Waals surface area contributed by atoms with Crippen molar-refractivity contribution in [1.29, 1.82) is 0 Å². The van der Waals surface area contributed by atoms with Crippen molar-refractivity contribution in [2.75, 3.05) is 13.1 Å². The van der Waals surface area contributed by atoms with Crippen molar-refractivity contribution in [2.24, 2.45) is 0 Å². The lowest BCUT2D eigenvalue weighted by Gasteiger charge is -2.28. The van der Waals surface area contributed by atoms with E-state index in [9.17, 15) is 30.3 Å². The van der Waals surface area contributed by atoms with Crippen molar-refractivity contribution >= 4 is 5.78 Å². The number of aliphatic hydroxyl groups excluding tert-OH is 1. The summed E-state index contributed by atoms with van der Waals surface area (Å²) < 4.78 is 0. The predicted molar refractivity (Wildman–Crippen MR) is 95.5 cm³/mol. The molecule has 1 unspecified atom stereocenters. The van der Waals surface area contributed by atoms with E-state index < -0.39 is 6.10 Å². The first-order valence-corrected chi connectivity index (χ1v) is 8.18. The first-order chi connectivity index (χ1) is 12.2. The number of rotatable bonds is 7. The zero-order chi connectivity index (χ0) is 19.4. The monoisotopic (exact) mass is 361 g/mol. The number of hydrogen-bond donors (Lipinski definition) is 5. The number of aromatic hydroxyl groups is 4. The summed E-state index contributed by atoms with van der Waals surface area (Å²) in [5.41, 5.74) is 0.670. The van der Waals surface area contributed by atoms with Crippen LogP contribution in [0.5, 0.6) is 23.0 Å². The molecule has 26 heavy (non-hydrogen) atoms. The molecule has 0 radical (unpaired) electrons. The SMILES string of the molecule is CC(C)N(CC(=O)c1ccc(O)c(O)c1)CC(O)c1ccc(O)c(O)c1. The maximum Gasteiger partial charge on any atom is 0.176 e. The van der Waals surface area contributed by atoms with E-state index in [0.29, 0.717) is 5.56 Å². The van der Waals surface area contributed by atoms with Gasteiger partial charge in [0.15, 0.2) is 28.8 Å². The van der Waals surface area contributed by atoms with Crippen LogP contribution in [-0.2, 0) is 0 Å². The van der Waals surface area contributed by atoms with Gasteiger partial charge in [-0.15, -0.1) is 0 Å². The van der Waals surface area contributed by atoms with Crippen LogP contribution in [0.4, 0.5) is 0 Å². The number of phenolic OH excluding ortho intramolecular Hbond substituents is 4. The Bertz CT molecular complexity index is 790. The molecule has 0 amide bonds. The summed E-state index contributed by atoms with van der Waals surface area (Å²) in [4.78, 5) is 14.2. The van der Waals surface area contributed by atoms with E-state index in [-0.39, 0.29) is 53.5 Å². The van der Waals surface area contributed by atoms with Crippen molar-refractivity contribution in [1.82, 2.24) is 4.90 Å². The Morgan fingerprint density at radius 1 is 0.923 bits per heavy atom. The Balaban J connectivity index is 2.11. The van der Waals surface area contributed by atoms with Crippen LogP contribution in [0.1, 0.15) is 35.9 Å². The highest BCUT2D eigenvalue weighted by Gasteiger charge is 2.21. The molecule has 0 spiro atoms. The van der Waals surface area contributed by atoms with Crippen LogP contribution in [0.2, 0.25) is 0 Å². The molecule has 2 rings (SSSR count). The Morgan fingerprint density at radius 2 is 1.50 bits per heavy atom. The lowest BCUT2D eigenvalue weighted by Crippen LogP contribution is -2.38. The van der Waals surface area contributed by atoms with Crippen LogP contribution in [0.25, 0.3) is 0 Å². The minimum Gasteiger partial charge on any atom is -0.504 e. The second-order valence-electron chi connectivity index (χ2n) is 6.41. The Kier molecular flexibility index (Phi) is 6.07. The van der Waals surface area contributed by atoms with Gasteiger partial charge in [-0.2, -0.15) is 0 Å². The molecule has 0 aromatic heterocycles. The predicted octanol–water partition coefficient (Wildman–Crippen LogP) is 2.14. The summed E-state index contributed by atoms with van der Waals surface area (Å²) in [6.45, 7) is 3.89. The van der Waals surface area contributed by atoms with Gasteiger partial charge < -0.3 is 25.5 Å². The molecule has 2 aromatic carbocycles. The van der Waals surface area contributed by atoms with E-state index in [1.807, 2.05) is 13.8 Å². The molecule has 0 saturated heterocycles. The minimum atomic E-state index is -0.968. The highest BCUT2D eigenvalue weighted by Crippen LogP contribution is 2.29. The molecule has 0 saturated carbocycles. The molecule has 0 bridgehead atoms.